The number of methoxy groups -OCH3 is 1. The largest absolute Gasteiger partial charge is 0.382 e. The summed E-state index contributed by atoms with van der Waals surface area (Å²) in [5.74, 6) is 1.16. The smallest absolute Gasteiger partial charge is 0.260 e. The molecule has 16 heavy (non-hydrogen) atoms. The predicted octanol–water partition coefficient (Wildman–Crippen LogP) is 0.0687. The standard InChI is InChI=1S/C11H20N2O3/c1-15-5-6-16-13-11(14)10-9-4-2-3-8(9)7-12-10/h8-10,12H,2-7H2,1H3,(H,13,14). The molecular weight excluding hydrogens is 208 g/mol. The third-order valence-corrected chi connectivity index (χ3v) is 3.59. The number of hydrogen-bond acceptors (Lipinski definition) is 4. The summed E-state index contributed by atoms with van der Waals surface area (Å²) in [4.78, 5) is 16.8. The first-order valence-electron chi connectivity index (χ1n) is 5.97. The van der Waals surface area contributed by atoms with E-state index in [1.54, 1.807) is 7.11 Å². The molecule has 1 heterocycles. The molecule has 3 atom stereocenters. The Balaban J connectivity index is 1.72. The van der Waals surface area contributed by atoms with Gasteiger partial charge in [-0.15, -0.1) is 0 Å². The van der Waals surface area contributed by atoms with E-state index in [-0.39, 0.29) is 11.9 Å². The van der Waals surface area contributed by atoms with Crippen LogP contribution in [0.4, 0.5) is 0 Å². The minimum absolute atomic E-state index is 0.0366. The van der Waals surface area contributed by atoms with Crippen molar-refractivity contribution in [1.29, 1.82) is 0 Å². The molecular formula is C11H20N2O3. The average molecular weight is 228 g/mol. The molecule has 5 nitrogen and oxygen atoms in total. The number of amides is 1. The second kappa shape index (κ2) is 5.61. The van der Waals surface area contributed by atoms with Gasteiger partial charge in [0.25, 0.3) is 5.91 Å². The van der Waals surface area contributed by atoms with Gasteiger partial charge in [-0.3, -0.25) is 9.63 Å². The van der Waals surface area contributed by atoms with Crippen LogP contribution in [0.25, 0.3) is 0 Å². The van der Waals surface area contributed by atoms with Crippen molar-refractivity contribution in [2.45, 2.75) is 25.3 Å². The van der Waals surface area contributed by atoms with Crippen LogP contribution in [0.3, 0.4) is 0 Å². The Hall–Kier alpha value is -0.650. The average Bonchev–Trinajstić information content (AvgIpc) is 2.85. The summed E-state index contributed by atoms with van der Waals surface area (Å²) in [5, 5.41) is 3.28. The van der Waals surface area contributed by atoms with Gasteiger partial charge < -0.3 is 10.1 Å². The van der Waals surface area contributed by atoms with Crippen molar-refractivity contribution in [3.05, 3.63) is 0 Å². The molecule has 1 saturated heterocycles. The molecule has 0 radical (unpaired) electrons. The fourth-order valence-corrected chi connectivity index (χ4v) is 2.79. The first kappa shape index (κ1) is 11.8. The molecule has 2 fully saturated rings. The molecule has 0 bridgehead atoms. The predicted molar refractivity (Wildman–Crippen MR) is 58.6 cm³/mol. The van der Waals surface area contributed by atoms with Gasteiger partial charge in [0.05, 0.1) is 19.3 Å². The monoisotopic (exact) mass is 228 g/mol. The van der Waals surface area contributed by atoms with Crippen LogP contribution in [0.5, 0.6) is 0 Å². The molecule has 92 valence electrons. The SMILES string of the molecule is COCCONC(=O)C1NCC2CCCC21. The number of hydrogen-bond donors (Lipinski definition) is 2. The lowest BCUT2D eigenvalue weighted by atomic mass is 9.94. The number of nitrogens with one attached hydrogen (secondary N) is 2. The Kier molecular flexibility index (Phi) is 4.15. The first-order valence-corrected chi connectivity index (χ1v) is 5.97. The van der Waals surface area contributed by atoms with Gasteiger partial charge in [0.2, 0.25) is 0 Å². The van der Waals surface area contributed by atoms with Crippen molar-refractivity contribution < 1.29 is 14.4 Å². The van der Waals surface area contributed by atoms with Gasteiger partial charge in [-0.25, -0.2) is 5.48 Å². The summed E-state index contributed by atoms with van der Waals surface area (Å²) in [5.41, 5.74) is 2.49. The van der Waals surface area contributed by atoms with E-state index < -0.39 is 0 Å². The van der Waals surface area contributed by atoms with E-state index in [2.05, 4.69) is 10.8 Å². The first-order chi connectivity index (χ1) is 7.83. The van der Waals surface area contributed by atoms with Gasteiger partial charge in [-0.2, -0.15) is 0 Å². The second-order valence-electron chi connectivity index (χ2n) is 4.55. The summed E-state index contributed by atoms with van der Waals surface area (Å²) in [6.45, 7) is 1.86. The zero-order valence-corrected chi connectivity index (χ0v) is 9.70. The molecule has 0 aromatic rings. The van der Waals surface area contributed by atoms with Crippen LogP contribution in [0.1, 0.15) is 19.3 Å². The third kappa shape index (κ3) is 2.53. The molecule has 0 aromatic heterocycles. The van der Waals surface area contributed by atoms with E-state index in [0.717, 1.165) is 13.0 Å². The molecule has 1 aliphatic carbocycles. The van der Waals surface area contributed by atoms with Crippen molar-refractivity contribution in [1.82, 2.24) is 10.8 Å². The van der Waals surface area contributed by atoms with Gasteiger partial charge in [0, 0.05) is 7.11 Å². The number of rotatable bonds is 5. The lowest BCUT2D eigenvalue weighted by Gasteiger charge is -2.17. The molecule has 2 aliphatic rings. The maximum absolute atomic E-state index is 11.8. The minimum Gasteiger partial charge on any atom is -0.382 e. The zero-order chi connectivity index (χ0) is 11.4. The lowest BCUT2D eigenvalue weighted by molar-refractivity contribution is -0.137. The summed E-state index contributed by atoms with van der Waals surface area (Å²) in [6.07, 6.45) is 3.67. The van der Waals surface area contributed by atoms with E-state index in [4.69, 9.17) is 9.57 Å². The molecule has 1 saturated carbocycles. The highest BCUT2D eigenvalue weighted by molar-refractivity contribution is 5.81. The molecule has 2 N–H and O–H groups in total. The minimum atomic E-state index is -0.0601. The van der Waals surface area contributed by atoms with Crippen LogP contribution >= 0.6 is 0 Å². The second-order valence-corrected chi connectivity index (χ2v) is 4.55. The normalized spacial score (nSPS) is 32.7. The van der Waals surface area contributed by atoms with Crippen molar-refractivity contribution in [2.75, 3.05) is 26.9 Å². The third-order valence-electron chi connectivity index (χ3n) is 3.59. The number of hydroxylamine groups is 1. The van der Waals surface area contributed by atoms with Gasteiger partial charge in [-0.1, -0.05) is 6.42 Å². The fourth-order valence-electron chi connectivity index (χ4n) is 2.79. The highest BCUT2D eigenvalue weighted by Gasteiger charge is 2.42. The van der Waals surface area contributed by atoms with E-state index in [9.17, 15) is 4.79 Å². The van der Waals surface area contributed by atoms with Gasteiger partial charge in [0.15, 0.2) is 0 Å². The van der Waals surface area contributed by atoms with Gasteiger partial charge in [-0.05, 0) is 31.2 Å². The molecule has 2 rings (SSSR count). The van der Waals surface area contributed by atoms with Crippen molar-refractivity contribution in [3.63, 3.8) is 0 Å². The molecule has 1 aliphatic heterocycles. The van der Waals surface area contributed by atoms with Crippen molar-refractivity contribution in [3.8, 4) is 0 Å². The summed E-state index contributed by atoms with van der Waals surface area (Å²) < 4.78 is 4.83. The van der Waals surface area contributed by atoms with Crippen LogP contribution < -0.4 is 10.8 Å². The molecule has 3 unspecified atom stereocenters. The van der Waals surface area contributed by atoms with Gasteiger partial charge >= 0.3 is 0 Å². The number of ether oxygens (including phenoxy) is 1. The zero-order valence-electron chi connectivity index (χ0n) is 9.70. The number of fused-ring (bicyclic) bond motifs is 1. The van der Waals surface area contributed by atoms with Crippen LogP contribution in [-0.4, -0.2) is 38.8 Å². The Bertz CT molecular complexity index is 247. The van der Waals surface area contributed by atoms with Gasteiger partial charge in [0.1, 0.15) is 0 Å². The van der Waals surface area contributed by atoms with Crippen LogP contribution in [-0.2, 0) is 14.4 Å². The molecule has 5 heteroatoms. The summed E-state index contributed by atoms with van der Waals surface area (Å²) >= 11 is 0. The molecule has 1 amide bonds. The number of carbonyl (C=O) groups is 1. The Morgan fingerprint density at radius 3 is 3.12 bits per heavy atom. The topological polar surface area (TPSA) is 59.6 Å². The highest BCUT2D eigenvalue weighted by atomic mass is 16.7. The van der Waals surface area contributed by atoms with Crippen LogP contribution in [0.15, 0.2) is 0 Å². The van der Waals surface area contributed by atoms with Crippen molar-refractivity contribution in [2.24, 2.45) is 11.8 Å². The quantitative estimate of drug-likeness (QED) is 0.516. The summed E-state index contributed by atoms with van der Waals surface area (Å²) in [6, 6.07) is -0.0601. The Morgan fingerprint density at radius 1 is 1.44 bits per heavy atom. The molecule has 0 aromatic carbocycles. The van der Waals surface area contributed by atoms with Crippen LogP contribution in [0.2, 0.25) is 0 Å². The highest BCUT2D eigenvalue weighted by Crippen LogP contribution is 2.37. The van der Waals surface area contributed by atoms with E-state index in [0.29, 0.717) is 25.0 Å². The Labute approximate surface area is 95.8 Å². The maximum Gasteiger partial charge on any atom is 0.260 e. The lowest BCUT2D eigenvalue weighted by Crippen LogP contribution is -2.44. The van der Waals surface area contributed by atoms with E-state index in [1.165, 1.54) is 12.8 Å². The molecule has 0 spiro atoms. The maximum atomic E-state index is 11.8. The van der Waals surface area contributed by atoms with E-state index >= 15 is 0 Å². The van der Waals surface area contributed by atoms with Crippen LogP contribution in [0, 0.1) is 11.8 Å². The summed E-state index contributed by atoms with van der Waals surface area (Å²) in [7, 11) is 1.60. The van der Waals surface area contributed by atoms with Crippen molar-refractivity contribution >= 4 is 5.91 Å². The van der Waals surface area contributed by atoms with E-state index in [1.807, 2.05) is 0 Å². The fraction of sp³-hybridized carbons (Fsp3) is 0.909. The Morgan fingerprint density at radius 2 is 2.31 bits per heavy atom. The number of carbonyl (C=O) groups excluding carboxylic acids is 1.